The molecule has 1 aromatic heterocycles. The molecule has 0 bridgehead atoms. The Morgan fingerprint density at radius 2 is 2.26 bits per heavy atom. The van der Waals surface area contributed by atoms with Gasteiger partial charge in [0.2, 0.25) is 0 Å². The first-order valence-electron chi connectivity index (χ1n) is 5.96. The van der Waals surface area contributed by atoms with Crippen LogP contribution in [0.15, 0.2) is 41.0 Å². The largest absolute Gasteiger partial charge is 0.334 e. The van der Waals surface area contributed by atoms with Crippen molar-refractivity contribution in [1.82, 2.24) is 9.55 Å². The van der Waals surface area contributed by atoms with E-state index in [4.69, 9.17) is 5.73 Å². The predicted molar refractivity (Wildman–Crippen MR) is 69.6 cm³/mol. The summed E-state index contributed by atoms with van der Waals surface area (Å²) in [7, 11) is 1.92. The highest BCUT2D eigenvalue weighted by Crippen LogP contribution is 2.30. The van der Waals surface area contributed by atoms with Crippen molar-refractivity contribution in [2.24, 2.45) is 23.0 Å². The maximum atomic E-state index is 11.7. The lowest BCUT2D eigenvalue weighted by molar-refractivity contribution is 0.0985. The van der Waals surface area contributed by atoms with Gasteiger partial charge >= 0.3 is 0 Å². The fraction of sp³-hybridized carbons (Fsp3) is 0.231. The average Bonchev–Trinajstić information content (AvgIpc) is 2.85. The molecule has 1 amide bonds. The number of carbonyl (C=O) groups excluding carboxylic acids is 1. The van der Waals surface area contributed by atoms with Crippen molar-refractivity contribution in [2.75, 3.05) is 6.54 Å². The number of aromatic nitrogens is 2. The Hall–Kier alpha value is -2.34. The lowest BCUT2D eigenvalue weighted by atomic mass is 9.95. The van der Waals surface area contributed by atoms with Crippen LogP contribution in [0, 0.1) is 0 Å². The number of hydrogen-bond donors (Lipinski definition) is 1. The van der Waals surface area contributed by atoms with E-state index in [1.807, 2.05) is 23.7 Å². The first-order chi connectivity index (χ1) is 9.20. The van der Waals surface area contributed by atoms with Crippen LogP contribution in [0.3, 0.4) is 0 Å². The Labute approximate surface area is 110 Å². The molecule has 1 aliphatic heterocycles. The number of amides is 1. The number of azo groups is 1. The molecule has 2 heterocycles. The zero-order valence-electron chi connectivity index (χ0n) is 10.4. The monoisotopic (exact) mass is 255 g/mol. The van der Waals surface area contributed by atoms with Crippen LogP contribution in [-0.4, -0.2) is 22.0 Å². The molecule has 0 saturated heterocycles. The standard InChI is InChI=1S/C13H13N5O/c1-18-7-15-6-12(18)8-2-3-9-10(4-8)11(5-14)16-17-13(9)19/h2-4,6-7,11H,5,14H2,1H3. The minimum Gasteiger partial charge on any atom is -0.334 e. The lowest BCUT2D eigenvalue weighted by Gasteiger charge is -2.17. The van der Waals surface area contributed by atoms with Crippen LogP contribution in [0.4, 0.5) is 0 Å². The third-order valence-corrected chi connectivity index (χ3v) is 3.26. The van der Waals surface area contributed by atoms with Gasteiger partial charge in [-0.3, -0.25) is 4.79 Å². The van der Waals surface area contributed by atoms with Gasteiger partial charge in [-0.15, -0.1) is 5.11 Å². The van der Waals surface area contributed by atoms with E-state index in [1.165, 1.54) is 0 Å². The van der Waals surface area contributed by atoms with Crippen molar-refractivity contribution >= 4 is 5.91 Å². The van der Waals surface area contributed by atoms with Crippen molar-refractivity contribution in [1.29, 1.82) is 0 Å². The van der Waals surface area contributed by atoms with Gasteiger partial charge in [0.1, 0.15) is 6.04 Å². The van der Waals surface area contributed by atoms with Crippen molar-refractivity contribution < 1.29 is 4.79 Å². The third kappa shape index (κ3) is 1.86. The Morgan fingerprint density at radius 1 is 1.42 bits per heavy atom. The molecule has 0 saturated carbocycles. The molecule has 2 aromatic rings. The molecule has 19 heavy (non-hydrogen) atoms. The molecule has 1 aromatic carbocycles. The molecule has 0 spiro atoms. The third-order valence-electron chi connectivity index (χ3n) is 3.26. The highest BCUT2D eigenvalue weighted by Gasteiger charge is 2.23. The fourth-order valence-corrected chi connectivity index (χ4v) is 2.24. The summed E-state index contributed by atoms with van der Waals surface area (Å²) in [4.78, 5) is 15.8. The molecule has 0 fully saturated rings. The average molecular weight is 255 g/mol. The van der Waals surface area contributed by atoms with Crippen molar-refractivity contribution in [3.05, 3.63) is 41.9 Å². The molecule has 1 atom stereocenters. The number of hydrogen-bond acceptors (Lipinski definition) is 4. The van der Waals surface area contributed by atoms with Gasteiger partial charge in [0.05, 0.1) is 18.2 Å². The second-order valence-corrected chi connectivity index (χ2v) is 4.46. The number of fused-ring (bicyclic) bond motifs is 1. The summed E-state index contributed by atoms with van der Waals surface area (Å²) in [6, 6.07) is 5.36. The van der Waals surface area contributed by atoms with Crippen LogP contribution in [0.1, 0.15) is 22.0 Å². The molecule has 96 valence electrons. The maximum Gasteiger partial charge on any atom is 0.295 e. The number of rotatable bonds is 2. The van der Waals surface area contributed by atoms with Crippen LogP contribution >= 0.6 is 0 Å². The van der Waals surface area contributed by atoms with Crippen molar-refractivity contribution in [3.8, 4) is 11.3 Å². The van der Waals surface area contributed by atoms with E-state index in [-0.39, 0.29) is 11.9 Å². The van der Waals surface area contributed by atoms with E-state index >= 15 is 0 Å². The van der Waals surface area contributed by atoms with E-state index in [0.717, 1.165) is 16.8 Å². The molecule has 0 aliphatic carbocycles. The molecule has 2 N–H and O–H groups in total. The second-order valence-electron chi connectivity index (χ2n) is 4.46. The Bertz CT molecular complexity index is 673. The molecule has 6 nitrogen and oxygen atoms in total. The van der Waals surface area contributed by atoms with Crippen molar-refractivity contribution in [3.63, 3.8) is 0 Å². The van der Waals surface area contributed by atoms with Gasteiger partial charge < -0.3 is 10.3 Å². The Kier molecular flexibility index (Phi) is 2.72. The minimum absolute atomic E-state index is 0.249. The van der Waals surface area contributed by atoms with Gasteiger partial charge in [-0.1, -0.05) is 6.07 Å². The predicted octanol–water partition coefficient (Wildman–Crippen LogP) is 1.69. The van der Waals surface area contributed by atoms with Crippen LogP contribution in [0.25, 0.3) is 11.3 Å². The first-order valence-corrected chi connectivity index (χ1v) is 5.96. The Morgan fingerprint density at radius 3 is 2.95 bits per heavy atom. The van der Waals surface area contributed by atoms with E-state index < -0.39 is 0 Å². The fourth-order valence-electron chi connectivity index (χ4n) is 2.24. The summed E-state index contributed by atoms with van der Waals surface area (Å²) in [5.74, 6) is -0.309. The van der Waals surface area contributed by atoms with Crippen molar-refractivity contribution in [2.45, 2.75) is 6.04 Å². The molecule has 0 radical (unpaired) electrons. The van der Waals surface area contributed by atoms with Crippen LogP contribution in [0.5, 0.6) is 0 Å². The van der Waals surface area contributed by atoms with E-state index in [1.54, 1.807) is 18.6 Å². The summed E-state index contributed by atoms with van der Waals surface area (Å²) in [5.41, 5.74) is 9.06. The highest BCUT2D eigenvalue weighted by molar-refractivity contribution is 5.97. The number of imidazole rings is 1. The number of nitrogens with zero attached hydrogens (tertiary/aromatic N) is 4. The molecule has 1 aliphatic rings. The molecular formula is C13H13N5O. The van der Waals surface area contributed by atoms with Gasteiger partial charge in [-0.2, -0.15) is 5.11 Å². The van der Waals surface area contributed by atoms with Crippen LogP contribution in [0.2, 0.25) is 0 Å². The summed E-state index contributed by atoms with van der Waals surface area (Å²) in [6.07, 6.45) is 3.52. The van der Waals surface area contributed by atoms with Gasteiger partial charge in [-0.05, 0) is 17.7 Å². The quantitative estimate of drug-likeness (QED) is 0.886. The molecule has 1 unspecified atom stereocenters. The maximum absolute atomic E-state index is 11.7. The smallest absolute Gasteiger partial charge is 0.295 e. The van der Waals surface area contributed by atoms with Gasteiger partial charge in [0, 0.05) is 24.7 Å². The number of carbonyl (C=O) groups is 1. The topological polar surface area (TPSA) is 85.6 Å². The van der Waals surface area contributed by atoms with E-state index in [9.17, 15) is 4.79 Å². The van der Waals surface area contributed by atoms with E-state index in [2.05, 4.69) is 15.2 Å². The van der Waals surface area contributed by atoms with Gasteiger partial charge in [0.25, 0.3) is 5.91 Å². The number of nitrogens with two attached hydrogens (primary N) is 1. The minimum atomic E-state index is -0.309. The summed E-state index contributed by atoms with van der Waals surface area (Å²) in [5, 5.41) is 7.57. The van der Waals surface area contributed by atoms with E-state index in [0.29, 0.717) is 12.1 Å². The van der Waals surface area contributed by atoms with Gasteiger partial charge in [-0.25, -0.2) is 4.98 Å². The Balaban J connectivity index is 2.14. The first kappa shape index (κ1) is 11.7. The van der Waals surface area contributed by atoms with Gasteiger partial charge in [0.15, 0.2) is 0 Å². The second kappa shape index (κ2) is 4.40. The highest BCUT2D eigenvalue weighted by atomic mass is 16.1. The number of benzene rings is 1. The number of aryl methyl sites for hydroxylation is 1. The zero-order chi connectivity index (χ0) is 13.4. The summed E-state index contributed by atoms with van der Waals surface area (Å²) >= 11 is 0. The normalized spacial score (nSPS) is 17.6. The van der Waals surface area contributed by atoms with Crippen LogP contribution < -0.4 is 5.73 Å². The molecule has 6 heteroatoms. The SMILES string of the molecule is Cn1cncc1-c1ccc2c(c1)C(CN)N=NC2=O. The molecular weight excluding hydrogens is 242 g/mol. The lowest BCUT2D eigenvalue weighted by Crippen LogP contribution is -2.17. The summed E-state index contributed by atoms with van der Waals surface area (Å²) in [6.45, 7) is 0.332. The summed E-state index contributed by atoms with van der Waals surface area (Å²) < 4.78 is 1.92. The van der Waals surface area contributed by atoms with Crippen LogP contribution in [-0.2, 0) is 7.05 Å². The zero-order valence-corrected chi connectivity index (χ0v) is 10.4. The molecule has 3 rings (SSSR count).